The van der Waals surface area contributed by atoms with Crippen LogP contribution >= 0.6 is 15.9 Å². The lowest BCUT2D eigenvalue weighted by Gasteiger charge is -2.18. The van der Waals surface area contributed by atoms with Crippen LogP contribution in [0.5, 0.6) is 0 Å². The summed E-state index contributed by atoms with van der Waals surface area (Å²) >= 11 is 3.34. The van der Waals surface area contributed by atoms with E-state index >= 15 is 0 Å². The fourth-order valence-corrected chi connectivity index (χ4v) is 1.95. The second kappa shape index (κ2) is 8.01. The van der Waals surface area contributed by atoms with Crippen molar-refractivity contribution < 1.29 is 14.4 Å². The molecule has 1 unspecified atom stereocenters. The normalized spacial score (nSPS) is 12.1. The summed E-state index contributed by atoms with van der Waals surface area (Å²) in [6, 6.07) is 6.42. The molecule has 1 aromatic carbocycles. The Hall–Kier alpha value is -1.40. The van der Waals surface area contributed by atoms with Gasteiger partial charge in [-0.25, -0.2) is 5.48 Å². The number of carbonyl (C=O) groups is 2. The first-order valence-electron chi connectivity index (χ1n) is 6.34. The Morgan fingerprint density at radius 1 is 1.35 bits per heavy atom. The van der Waals surface area contributed by atoms with Crippen molar-refractivity contribution in [1.29, 1.82) is 0 Å². The third-order valence-corrected chi connectivity index (χ3v) is 2.87. The molecule has 5 nitrogen and oxygen atoms in total. The summed E-state index contributed by atoms with van der Waals surface area (Å²) in [7, 11) is 0. The van der Waals surface area contributed by atoms with Crippen LogP contribution in [0.3, 0.4) is 0 Å². The van der Waals surface area contributed by atoms with Crippen molar-refractivity contribution in [2.24, 2.45) is 5.92 Å². The number of nitrogens with one attached hydrogen (secondary N) is 2. The molecule has 0 aromatic heterocycles. The Morgan fingerprint density at radius 2 is 2.05 bits per heavy atom. The smallest absolute Gasteiger partial charge is 0.270 e. The summed E-state index contributed by atoms with van der Waals surface area (Å²) in [5.74, 6) is -0.381. The summed E-state index contributed by atoms with van der Waals surface area (Å²) in [6.45, 7) is 5.74. The van der Waals surface area contributed by atoms with Crippen LogP contribution in [-0.2, 0) is 14.4 Å². The molecule has 6 heteroatoms. The second-order valence-electron chi connectivity index (χ2n) is 4.86. The fourth-order valence-electron chi connectivity index (χ4n) is 1.53. The maximum atomic E-state index is 12.1. The summed E-state index contributed by atoms with van der Waals surface area (Å²) < 4.78 is 0.834. The molecule has 1 aromatic rings. The third-order valence-electron chi connectivity index (χ3n) is 2.38. The minimum atomic E-state index is -0.780. The van der Waals surface area contributed by atoms with Gasteiger partial charge in [-0.3, -0.25) is 14.4 Å². The van der Waals surface area contributed by atoms with E-state index in [1.807, 2.05) is 19.9 Å². The van der Waals surface area contributed by atoms with Gasteiger partial charge in [-0.15, -0.1) is 0 Å². The molecule has 2 amide bonds. The number of halogens is 1. The van der Waals surface area contributed by atoms with Crippen LogP contribution in [0.25, 0.3) is 0 Å². The molecule has 1 atom stereocenters. The van der Waals surface area contributed by atoms with E-state index in [0.717, 1.165) is 4.47 Å². The number of carbonyl (C=O) groups excluding carboxylic acids is 2. The number of amides is 2. The maximum Gasteiger partial charge on any atom is 0.270 e. The summed E-state index contributed by atoms with van der Waals surface area (Å²) in [5, 5.41) is 2.61. The van der Waals surface area contributed by atoms with Gasteiger partial charge in [0.15, 0.2) is 0 Å². The number of hydrogen-bond acceptors (Lipinski definition) is 3. The maximum absolute atomic E-state index is 12.1. The van der Waals surface area contributed by atoms with E-state index in [1.54, 1.807) is 18.2 Å². The summed E-state index contributed by atoms with van der Waals surface area (Å²) in [6.07, 6.45) is 0. The van der Waals surface area contributed by atoms with E-state index < -0.39 is 11.9 Å². The van der Waals surface area contributed by atoms with Gasteiger partial charge in [-0.05, 0) is 23.6 Å². The first-order chi connectivity index (χ1) is 9.40. The molecule has 0 fully saturated rings. The zero-order valence-corrected chi connectivity index (χ0v) is 13.4. The van der Waals surface area contributed by atoms with Gasteiger partial charge in [0.1, 0.15) is 6.04 Å². The first kappa shape index (κ1) is 16.7. The first-order valence-corrected chi connectivity index (χ1v) is 7.13. The minimum absolute atomic E-state index is 0.283. The molecule has 110 valence electrons. The SMILES string of the molecule is CC(=O)NC(C(=O)NOCC(C)C)c1cccc(Br)c1. The largest absolute Gasteiger partial charge is 0.341 e. The molecule has 0 saturated heterocycles. The van der Waals surface area contributed by atoms with Crippen molar-refractivity contribution in [3.8, 4) is 0 Å². The van der Waals surface area contributed by atoms with E-state index in [9.17, 15) is 9.59 Å². The van der Waals surface area contributed by atoms with E-state index in [2.05, 4.69) is 26.7 Å². The van der Waals surface area contributed by atoms with Crippen molar-refractivity contribution in [1.82, 2.24) is 10.8 Å². The average Bonchev–Trinajstić information content (AvgIpc) is 2.35. The Morgan fingerprint density at radius 3 is 2.60 bits per heavy atom. The molecule has 1 rings (SSSR count). The summed E-state index contributed by atoms with van der Waals surface area (Å²) in [5.41, 5.74) is 3.05. The van der Waals surface area contributed by atoms with Crippen LogP contribution < -0.4 is 10.8 Å². The van der Waals surface area contributed by atoms with Crippen molar-refractivity contribution in [2.45, 2.75) is 26.8 Å². The van der Waals surface area contributed by atoms with Crippen LogP contribution in [0.15, 0.2) is 28.7 Å². The van der Waals surface area contributed by atoms with Crippen LogP contribution in [-0.4, -0.2) is 18.4 Å². The minimum Gasteiger partial charge on any atom is -0.341 e. The van der Waals surface area contributed by atoms with Gasteiger partial charge >= 0.3 is 0 Å². The Bertz CT molecular complexity index is 477. The van der Waals surface area contributed by atoms with Gasteiger partial charge in [-0.1, -0.05) is 41.9 Å². The highest BCUT2D eigenvalue weighted by Crippen LogP contribution is 2.18. The molecular weight excluding hydrogens is 324 g/mol. The molecule has 0 aliphatic rings. The fraction of sp³-hybridized carbons (Fsp3) is 0.429. The average molecular weight is 343 g/mol. The monoisotopic (exact) mass is 342 g/mol. The van der Waals surface area contributed by atoms with Gasteiger partial charge < -0.3 is 5.32 Å². The van der Waals surface area contributed by atoms with Crippen LogP contribution in [0.4, 0.5) is 0 Å². The van der Waals surface area contributed by atoms with Crippen molar-refractivity contribution in [3.63, 3.8) is 0 Å². The van der Waals surface area contributed by atoms with E-state index in [4.69, 9.17) is 4.84 Å². The predicted octanol–water partition coefficient (Wildman–Crippen LogP) is 2.33. The van der Waals surface area contributed by atoms with Gasteiger partial charge in [0.2, 0.25) is 5.91 Å². The van der Waals surface area contributed by atoms with Gasteiger partial charge in [0.05, 0.1) is 6.61 Å². The lowest BCUT2D eigenvalue weighted by Crippen LogP contribution is -2.40. The quantitative estimate of drug-likeness (QED) is 0.779. The number of benzene rings is 1. The van der Waals surface area contributed by atoms with Gasteiger partial charge in [0, 0.05) is 11.4 Å². The zero-order chi connectivity index (χ0) is 15.1. The molecule has 2 N–H and O–H groups in total. The molecule has 0 heterocycles. The van der Waals surface area contributed by atoms with Crippen molar-refractivity contribution in [2.75, 3.05) is 6.61 Å². The molecular formula is C14H19BrN2O3. The lowest BCUT2D eigenvalue weighted by molar-refractivity contribution is -0.139. The Kier molecular flexibility index (Phi) is 6.67. The zero-order valence-electron chi connectivity index (χ0n) is 11.8. The highest BCUT2D eigenvalue weighted by molar-refractivity contribution is 9.10. The molecule has 0 bridgehead atoms. The molecule has 0 radical (unpaired) electrons. The van der Waals surface area contributed by atoms with Crippen LogP contribution in [0, 0.1) is 5.92 Å². The summed E-state index contributed by atoms with van der Waals surface area (Å²) in [4.78, 5) is 28.5. The Balaban J connectivity index is 2.78. The van der Waals surface area contributed by atoms with Crippen molar-refractivity contribution >= 4 is 27.7 Å². The van der Waals surface area contributed by atoms with E-state index in [-0.39, 0.29) is 5.91 Å². The molecule has 0 spiro atoms. The number of rotatable bonds is 6. The van der Waals surface area contributed by atoms with Crippen LogP contribution in [0.1, 0.15) is 32.4 Å². The lowest BCUT2D eigenvalue weighted by atomic mass is 10.1. The highest BCUT2D eigenvalue weighted by atomic mass is 79.9. The highest BCUT2D eigenvalue weighted by Gasteiger charge is 2.22. The molecule has 20 heavy (non-hydrogen) atoms. The van der Waals surface area contributed by atoms with Crippen LogP contribution in [0.2, 0.25) is 0 Å². The number of hydroxylamine groups is 1. The van der Waals surface area contributed by atoms with E-state index in [1.165, 1.54) is 6.92 Å². The molecule has 0 aliphatic carbocycles. The van der Waals surface area contributed by atoms with Crippen molar-refractivity contribution in [3.05, 3.63) is 34.3 Å². The number of hydrogen-bond donors (Lipinski definition) is 2. The Labute approximate surface area is 127 Å². The predicted molar refractivity (Wildman–Crippen MR) is 79.6 cm³/mol. The molecule has 0 aliphatic heterocycles. The molecule has 0 saturated carbocycles. The van der Waals surface area contributed by atoms with Gasteiger partial charge in [-0.2, -0.15) is 0 Å². The second-order valence-corrected chi connectivity index (χ2v) is 5.78. The van der Waals surface area contributed by atoms with Gasteiger partial charge in [0.25, 0.3) is 5.91 Å². The van der Waals surface area contributed by atoms with E-state index in [0.29, 0.717) is 18.1 Å². The standard InChI is InChI=1S/C14H19BrN2O3/c1-9(2)8-20-17-14(19)13(16-10(3)18)11-5-4-6-12(15)7-11/h4-7,9,13H,8H2,1-3H3,(H,16,18)(H,17,19). The third kappa shape index (κ3) is 5.71. The topological polar surface area (TPSA) is 67.4 Å².